The van der Waals surface area contributed by atoms with Crippen LogP contribution in [0.1, 0.15) is 35.9 Å². The molecule has 150 valence electrons. The van der Waals surface area contributed by atoms with E-state index in [4.69, 9.17) is 14.4 Å². The Kier molecular flexibility index (Phi) is 5.67. The molecule has 4 aromatic rings. The van der Waals surface area contributed by atoms with Gasteiger partial charge in [0.15, 0.2) is 6.61 Å². The maximum absolute atomic E-state index is 13.2. The molecule has 0 atom stereocenters. The van der Waals surface area contributed by atoms with E-state index < -0.39 is 0 Å². The maximum Gasteiger partial charge on any atom is 0.259 e. The van der Waals surface area contributed by atoms with Gasteiger partial charge in [0.25, 0.3) is 5.91 Å². The predicted octanol–water partition coefficient (Wildman–Crippen LogP) is 6.08. The van der Waals surface area contributed by atoms with Gasteiger partial charge >= 0.3 is 0 Å². The number of carbonyl (C=O) groups excluding carboxylic acids is 1. The van der Waals surface area contributed by atoms with E-state index in [1.165, 1.54) is 0 Å². The van der Waals surface area contributed by atoms with E-state index in [-0.39, 0.29) is 12.5 Å². The lowest BCUT2D eigenvalue weighted by atomic mass is 10.1. The quantitative estimate of drug-likeness (QED) is 0.409. The summed E-state index contributed by atoms with van der Waals surface area (Å²) in [6, 6.07) is 20.9. The summed E-state index contributed by atoms with van der Waals surface area (Å²) in [7, 11) is 0. The van der Waals surface area contributed by atoms with Crippen LogP contribution in [-0.2, 0) is 6.42 Å². The average Bonchev–Trinajstić information content (AvgIpc) is 3.14. The lowest BCUT2D eigenvalue weighted by molar-refractivity contribution is 0.102. The van der Waals surface area contributed by atoms with Crippen molar-refractivity contribution in [2.75, 3.05) is 11.9 Å². The minimum absolute atomic E-state index is 0.0126. The normalized spacial score (nSPS) is 10.8. The van der Waals surface area contributed by atoms with E-state index in [0.29, 0.717) is 17.0 Å². The van der Waals surface area contributed by atoms with Crippen molar-refractivity contribution in [1.82, 2.24) is 0 Å². The van der Waals surface area contributed by atoms with Crippen LogP contribution in [0.4, 0.5) is 5.69 Å². The van der Waals surface area contributed by atoms with Crippen LogP contribution in [0.15, 0.2) is 65.1 Å². The van der Waals surface area contributed by atoms with Crippen LogP contribution >= 0.6 is 0 Å². The molecule has 0 spiro atoms. The van der Waals surface area contributed by atoms with Gasteiger partial charge in [0, 0.05) is 17.5 Å². The Morgan fingerprint density at radius 1 is 1.10 bits per heavy atom. The van der Waals surface area contributed by atoms with Crippen LogP contribution in [-0.4, -0.2) is 12.5 Å². The number of hydrogen-bond donors (Lipinski definition) is 1. The van der Waals surface area contributed by atoms with Crippen LogP contribution in [0.3, 0.4) is 0 Å². The Hall–Kier alpha value is -3.78. The molecule has 5 heteroatoms. The molecule has 3 aromatic carbocycles. The van der Waals surface area contributed by atoms with Crippen molar-refractivity contribution in [1.29, 1.82) is 5.26 Å². The van der Waals surface area contributed by atoms with Gasteiger partial charge in [0.05, 0.1) is 5.56 Å². The molecule has 1 N–H and O–H groups in total. The summed E-state index contributed by atoms with van der Waals surface area (Å²) in [5.41, 5.74) is 2.06. The van der Waals surface area contributed by atoms with E-state index in [0.717, 1.165) is 46.8 Å². The Bertz CT molecular complexity index is 1250. The van der Waals surface area contributed by atoms with E-state index in [1.54, 1.807) is 0 Å². The molecule has 0 unspecified atom stereocenters. The third kappa shape index (κ3) is 3.99. The number of benzene rings is 3. The van der Waals surface area contributed by atoms with Crippen molar-refractivity contribution in [3.8, 4) is 11.8 Å². The molecule has 1 amide bonds. The zero-order chi connectivity index (χ0) is 20.9. The van der Waals surface area contributed by atoms with Gasteiger partial charge in [-0.05, 0) is 47.5 Å². The lowest BCUT2D eigenvalue weighted by Gasteiger charge is -2.09. The lowest BCUT2D eigenvalue weighted by Crippen LogP contribution is -2.13. The summed E-state index contributed by atoms with van der Waals surface area (Å²) < 4.78 is 11.3. The number of rotatable bonds is 7. The molecule has 0 aliphatic rings. The summed E-state index contributed by atoms with van der Waals surface area (Å²) in [4.78, 5) is 13.2. The van der Waals surface area contributed by atoms with Crippen LogP contribution in [0.25, 0.3) is 21.7 Å². The first-order valence-corrected chi connectivity index (χ1v) is 10.0. The van der Waals surface area contributed by atoms with E-state index >= 15 is 0 Å². The molecule has 5 nitrogen and oxygen atoms in total. The van der Waals surface area contributed by atoms with Crippen LogP contribution in [0.2, 0.25) is 0 Å². The number of anilines is 1. The van der Waals surface area contributed by atoms with Gasteiger partial charge in [0.2, 0.25) is 0 Å². The number of fused-ring (bicyclic) bond motifs is 2. The number of nitrogens with one attached hydrogen (secondary N) is 1. The SMILES string of the molecule is CCCCc1oc2ccccc2c1C(=O)Nc1ccc2cc(OCC#N)ccc2c1. The molecule has 0 radical (unpaired) electrons. The zero-order valence-electron chi connectivity index (χ0n) is 16.8. The van der Waals surface area contributed by atoms with Crippen molar-refractivity contribution in [3.63, 3.8) is 0 Å². The molecule has 0 fully saturated rings. The van der Waals surface area contributed by atoms with Gasteiger partial charge in [-0.25, -0.2) is 0 Å². The fraction of sp³-hybridized carbons (Fsp3) is 0.200. The molecule has 0 bridgehead atoms. The maximum atomic E-state index is 13.2. The van der Waals surface area contributed by atoms with Gasteiger partial charge in [0.1, 0.15) is 23.2 Å². The molecule has 0 saturated heterocycles. The van der Waals surface area contributed by atoms with Crippen LogP contribution in [0.5, 0.6) is 5.75 Å². The fourth-order valence-electron chi connectivity index (χ4n) is 3.56. The van der Waals surface area contributed by atoms with Gasteiger partial charge in [-0.1, -0.05) is 43.7 Å². The highest BCUT2D eigenvalue weighted by Gasteiger charge is 2.20. The van der Waals surface area contributed by atoms with Gasteiger partial charge in [-0.15, -0.1) is 0 Å². The highest BCUT2D eigenvalue weighted by atomic mass is 16.5. The number of furan rings is 1. The minimum atomic E-state index is -0.167. The highest BCUT2D eigenvalue weighted by molar-refractivity contribution is 6.13. The van der Waals surface area contributed by atoms with Crippen molar-refractivity contribution in [2.24, 2.45) is 0 Å². The minimum Gasteiger partial charge on any atom is -0.479 e. The monoisotopic (exact) mass is 398 g/mol. The predicted molar refractivity (Wildman–Crippen MR) is 118 cm³/mol. The molecule has 0 aliphatic carbocycles. The first-order valence-electron chi connectivity index (χ1n) is 10.0. The number of amides is 1. The third-order valence-electron chi connectivity index (χ3n) is 5.03. The fourth-order valence-corrected chi connectivity index (χ4v) is 3.56. The standard InChI is InChI=1S/C25H22N2O3/c1-2-3-7-23-24(21-6-4-5-8-22(21)30-23)25(28)27-19-11-9-18-16-20(29-14-13-26)12-10-17(18)15-19/h4-6,8-12,15-16H,2-3,7,14H2,1H3,(H,27,28). The molecule has 30 heavy (non-hydrogen) atoms. The number of para-hydroxylation sites is 1. The number of nitrogens with zero attached hydrogens (tertiary/aromatic N) is 1. The first kappa shape index (κ1) is 19.5. The van der Waals surface area contributed by atoms with Gasteiger partial charge in [-0.2, -0.15) is 5.26 Å². The number of ether oxygens (including phenoxy) is 1. The van der Waals surface area contributed by atoms with Crippen molar-refractivity contribution in [3.05, 3.63) is 72.0 Å². The Balaban J connectivity index is 1.62. The molecule has 4 rings (SSSR count). The summed E-state index contributed by atoms with van der Waals surface area (Å²) in [6.45, 7) is 2.13. The molecule has 1 aromatic heterocycles. The zero-order valence-corrected chi connectivity index (χ0v) is 16.8. The van der Waals surface area contributed by atoms with Gasteiger partial charge in [-0.3, -0.25) is 4.79 Å². The molecule has 1 heterocycles. The third-order valence-corrected chi connectivity index (χ3v) is 5.03. The van der Waals surface area contributed by atoms with Crippen molar-refractivity contribution < 1.29 is 13.9 Å². The largest absolute Gasteiger partial charge is 0.479 e. The molecular formula is C25H22N2O3. The summed E-state index contributed by atoms with van der Waals surface area (Å²) in [5, 5.41) is 14.5. The van der Waals surface area contributed by atoms with Crippen molar-refractivity contribution in [2.45, 2.75) is 26.2 Å². The number of unbranched alkanes of at least 4 members (excludes halogenated alkanes) is 1. The number of hydrogen-bond acceptors (Lipinski definition) is 4. The molecule has 0 aliphatic heterocycles. The number of aryl methyl sites for hydroxylation is 1. The second-order valence-electron chi connectivity index (χ2n) is 7.12. The van der Waals surface area contributed by atoms with Crippen LogP contribution in [0, 0.1) is 11.3 Å². The van der Waals surface area contributed by atoms with E-state index in [9.17, 15) is 4.79 Å². The summed E-state index contributed by atoms with van der Waals surface area (Å²) >= 11 is 0. The Morgan fingerprint density at radius 3 is 2.73 bits per heavy atom. The topological polar surface area (TPSA) is 75.3 Å². The average molecular weight is 398 g/mol. The van der Waals surface area contributed by atoms with Crippen molar-refractivity contribution >= 4 is 33.3 Å². The second kappa shape index (κ2) is 8.71. The number of nitriles is 1. The highest BCUT2D eigenvalue weighted by Crippen LogP contribution is 2.29. The first-order chi connectivity index (χ1) is 14.7. The molecular weight excluding hydrogens is 376 g/mol. The molecule has 0 saturated carbocycles. The Morgan fingerprint density at radius 2 is 1.90 bits per heavy atom. The van der Waals surface area contributed by atoms with E-state index in [2.05, 4.69) is 12.2 Å². The number of carbonyl (C=O) groups is 1. The second-order valence-corrected chi connectivity index (χ2v) is 7.12. The van der Waals surface area contributed by atoms with Crippen LogP contribution < -0.4 is 10.1 Å². The smallest absolute Gasteiger partial charge is 0.259 e. The van der Waals surface area contributed by atoms with E-state index in [1.807, 2.05) is 66.7 Å². The Labute approximate surface area is 174 Å². The van der Waals surface area contributed by atoms with Gasteiger partial charge < -0.3 is 14.5 Å². The summed E-state index contributed by atoms with van der Waals surface area (Å²) in [5.74, 6) is 1.21. The summed E-state index contributed by atoms with van der Waals surface area (Å²) in [6.07, 6.45) is 2.73.